The molecule has 2 aromatic rings. The molecule has 0 bridgehead atoms. The van der Waals surface area contributed by atoms with Crippen LogP contribution in [0.3, 0.4) is 0 Å². The van der Waals surface area contributed by atoms with Gasteiger partial charge in [0.2, 0.25) is 11.8 Å². The quantitative estimate of drug-likeness (QED) is 0.757. The maximum atomic E-state index is 11.8. The van der Waals surface area contributed by atoms with Crippen molar-refractivity contribution in [3.05, 3.63) is 36.0 Å². The summed E-state index contributed by atoms with van der Waals surface area (Å²) in [4.78, 5) is 27.1. The predicted molar refractivity (Wildman–Crippen MR) is 77.2 cm³/mol. The van der Waals surface area contributed by atoms with E-state index in [1.165, 1.54) is 0 Å². The van der Waals surface area contributed by atoms with Gasteiger partial charge in [0.15, 0.2) is 0 Å². The number of carbonyl (C=O) groups excluding carboxylic acids is 2. The van der Waals surface area contributed by atoms with E-state index in [1.54, 1.807) is 6.20 Å². The average Bonchev–Trinajstić information content (AvgIpc) is 2.48. The van der Waals surface area contributed by atoms with Gasteiger partial charge in [0.1, 0.15) is 0 Å². The molecule has 1 aromatic carbocycles. The Balaban J connectivity index is 2.16. The summed E-state index contributed by atoms with van der Waals surface area (Å²) in [5.41, 5.74) is 7.70. The normalized spacial score (nSPS) is 10.3. The maximum Gasteiger partial charge on any atom is 0.243 e. The van der Waals surface area contributed by atoms with Crippen LogP contribution in [0, 0.1) is 6.92 Å². The number of rotatable bonds is 4. The summed E-state index contributed by atoms with van der Waals surface area (Å²) in [6.07, 6.45) is 1.71. The summed E-state index contributed by atoms with van der Waals surface area (Å²) in [5.74, 6) is -0.670. The predicted octanol–water partition coefficient (Wildman–Crippen LogP) is 0.557. The van der Waals surface area contributed by atoms with Gasteiger partial charge >= 0.3 is 0 Å². The highest BCUT2D eigenvalue weighted by molar-refractivity contribution is 6.03. The molecule has 1 aromatic heterocycles. The number of nitrogens with zero attached hydrogens (tertiary/aromatic N) is 1. The second-order valence-electron chi connectivity index (χ2n) is 4.36. The van der Waals surface area contributed by atoms with Gasteiger partial charge in [-0.25, -0.2) is 0 Å². The van der Waals surface area contributed by atoms with E-state index in [0.717, 1.165) is 16.5 Å². The van der Waals surface area contributed by atoms with Crippen molar-refractivity contribution in [2.45, 2.75) is 6.92 Å². The van der Waals surface area contributed by atoms with Crippen LogP contribution in [0.25, 0.3) is 10.9 Å². The highest BCUT2D eigenvalue weighted by Gasteiger charge is 2.08. The van der Waals surface area contributed by atoms with Crippen LogP contribution in [0.2, 0.25) is 0 Å². The van der Waals surface area contributed by atoms with Gasteiger partial charge in [-0.1, -0.05) is 6.07 Å². The molecule has 0 saturated heterocycles. The Hall–Kier alpha value is -2.47. The van der Waals surface area contributed by atoms with E-state index >= 15 is 0 Å². The van der Waals surface area contributed by atoms with Gasteiger partial charge in [0.25, 0.3) is 0 Å². The van der Waals surface area contributed by atoms with Crippen LogP contribution >= 0.6 is 0 Å². The summed E-state index contributed by atoms with van der Waals surface area (Å²) in [6, 6.07) is 7.42. The number of anilines is 1. The third-order valence-electron chi connectivity index (χ3n) is 2.88. The Kier molecular flexibility index (Phi) is 4.27. The summed E-state index contributed by atoms with van der Waals surface area (Å²) < 4.78 is 0. The number of fused-ring (bicyclic) bond motifs is 1. The van der Waals surface area contributed by atoms with Crippen molar-refractivity contribution >= 4 is 28.4 Å². The van der Waals surface area contributed by atoms with Gasteiger partial charge in [0, 0.05) is 11.6 Å². The first kappa shape index (κ1) is 14.0. The first-order chi connectivity index (χ1) is 9.61. The van der Waals surface area contributed by atoms with Crippen molar-refractivity contribution in [1.29, 1.82) is 0 Å². The molecule has 0 spiro atoms. The zero-order chi connectivity index (χ0) is 14.5. The number of pyridine rings is 1. The lowest BCUT2D eigenvalue weighted by atomic mass is 10.1. The highest BCUT2D eigenvalue weighted by atomic mass is 16.2. The summed E-state index contributed by atoms with van der Waals surface area (Å²) in [5, 5.41) is 6.04. The Morgan fingerprint density at radius 3 is 2.80 bits per heavy atom. The zero-order valence-corrected chi connectivity index (χ0v) is 11.1. The molecule has 0 aliphatic heterocycles. The summed E-state index contributed by atoms with van der Waals surface area (Å²) in [6.45, 7) is 1.72. The van der Waals surface area contributed by atoms with Gasteiger partial charge in [-0.15, -0.1) is 0 Å². The molecule has 4 N–H and O–H groups in total. The van der Waals surface area contributed by atoms with Crippen molar-refractivity contribution < 1.29 is 9.59 Å². The van der Waals surface area contributed by atoms with Gasteiger partial charge in [-0.05, 0) is 30.7 Å². The van der Waals surface area contributed by atoms with E-state index in [2.05, 4.69) is 15.6 Å². The Labute approximate surface area is 116 Å². The SMILES string of the molecule is Cc1ccc(NC(=O)CNC(=O)CN)c2cccnc12. The van der Waals surface area contributed by atoms with Crippen LogP contribution in [0.1, 0.15) is 5.56 Å². The molecular weight excluding hydrogens is 256 g/mol. The highest BCUT2D eigenvalue weighted by Crippen LogP contribution is 2.24. The largest absolute Gasteiger partial charge is 0.346 e. The van der Waals surface area contributed by atoms with E-state index in [-0.39, 0.29) is 24.9 Å². The van der Waals surface area contributed by atoms with Crippen LogP contribution in [-0.4, -0.2) is 29.9 Å². The van der Waals surface area contributed by atoms with Crippen molar-refractivity contribution in [2.24, 2.45) is 5.73 Å². The molecule has 0 aliphatic rings. The number of nitrogens with two attached hydrogens (primary N) is 1. The van der Waals surface area contributed by atoms with E-state index < -0.39 is 0 Å². The molecule has 6 nitrogen and oxygen atoms in total. The van der Waals surface area contributed by atoms with Crippen LogP contribution in [0.4, 0.5) is 5.69 Å². The van der Waals surface area contributed by atoms with Crippen molar-refractivity contribution in [3.8, 4) is 0 Å². The summed E-state index contributed by atoms with van der Waals surface area (Å²) in [7, 11) is 0. The molecule has 104 valence electrons. The molecule has 2 rings (SSSR count). The van der Waals surface area contributed by atoms with Gasteiger partial charge in [-0.3, -0.25) is 14.6 Å². The number of carbonyl (C=O) groups is 2. The fraction of sp³-hybridized carbons (Fsp3) is 0.214. The van der Waals surface area contributed by atoms with Crippen LogP contribution in [0.5, 0.6) is 0 Å². The fourth-order valence-corrected chi connectivity index (χ4v) is 1.87. The van der Waals surface area contributed by atoms with E-state index in [0.29, 0.717) is 5.69 Å². The maximum absolute atomic E-state index is 11.8. The molecule has 0 atom stereocenters. The molecule has 0 saturated carbocycles. The topological polar surface area (TPSA) is 97.1 Å². The number of hydrogen-bond donors (Lipinski definition) is 3. The average molecular weight is 272 g/mol. The van der Waals surface area contributed by atoms with Crippen LogP contribution in [0.15, 0.2) is 30.5 Å². The second kappa shape index (κ2) is 6.12. The lowest BCUT2D eigenvalue weighted by Crippen LogP contribution is -2.36. The van der Waals surface area contributed by atoms with Gasteiger partial charge in [0.05, 0.1) is 24.3 Å². The lowest BCUT2D eigenvalue weighted by molar-refractivity contribution is -0.123. The Morgan fingerprint density at radius 1 is 1.25 bits per heavy atom. The molecule has 0 radical (unpaired) electrons. The van der Waals surface area contributed by atoms with Gasteiger partial charge in [-0.2, -0.15) is 0 Å². The molecule has 20 heavy (non-hydrogen) atoms. The smallest absolute Gasteiger partial charge is 0.243 e. The minimum absolute atomic E-state index is 0.105. The fourth-order valence-electron chi connectivity index (χ4n) is 1.87. The minimum atomic E-state index is -0.365. The van der Waals surface area contributed by atoms with Crippen LogP contribution < -0.4 is 16.4 Å². The van der Waals surface area contributed by atoms with E-state index in [1.807, 2.05) is 31.2 Å². The van der Waals surface area contributed by atoms with Crippen molar-refractivity contribution in [3.63, 3.8) is 0 Å². The lowest BCUT2D eigenvalue weighted by Gasteiger charge is -2.10. The summed E-state index contributed by atoms with van der Waals surface area (Å²) >= 11 is 0. The first-order valence-electron chi connectivity index (χ1n) is 6.22. The third kappa shape index (κ3) is 3.10. The Morgan fingerprint density at radius 2 is 2.05 bits per heavy atom. The van der Waals surface area contributed by atoms with Crippen molar-refractivity contribution in [1.82, 2.24) is 10.3 Å². The Bertz CT molecular complexity index is 655. The number of aromatic nitrogens is 1. The minimum Gasteiger partial charge on any atom is -0.346 e. The third-order valence-corrected chi connectivity index (χ3v) is 2.88. The molecule has 6 heteroatoms. The monoisotopic (exact) mass is 272 g/mol. The van der Waals surface area contributed by atoms with E-state index in [9.17, 15) is 9.59 Å². The number of hydrogen-bond acceptors (Lipinski definition) is 4. The van der Waals surface area contributed by atoms with Crippen LogP contribution in [-0.2, 0) is 9.59 Å². The molecule has 2 amide bonds. The number of aryl methyl sites for hydroxylation is 1. The molecule has 0 fully saturated rings. The van der Waals surface area contributed by atoms with E-state index in [4.69, 9.17) is 5.73 Å². The van der Waals surface area contributed by atoms with Gasteiger partial charge < -0.3 is 16.4 Å². The number of amides is 2. The molecular formula is C14H16N4O2. The number of nitrogens with one attached hydrogen (secondary N) is 2. The zero-order valence-electron chi connectivity index (χ0n) is 11.1. The molecule has 0 unspecified atom stereocenters. The number of benzene rings is 1. The first-order valence-corrected chi connectivity index (χ1v) is 6.22. The molecule has 1 heterocycles. The second-order valence-corrected chi connectivity index (χ2v) is 4.36. The molecule has 0 aliphatic carbocycles. The van der Waals surface area contributed by atoms with Crippen molar-refractivity contribution in [2.75, 3.05) is 18.4 Å². The standard InChI is InChI=1S/C14H16N4O2/c1-9-4-5-11(10-3-2-6-16-14(9)10)18-13(20)8-17-12(19)7-15/h2-6H,7-8,15H2,1H3,(H,17,19)(H,18,20).